The highest BCUT2D eigenvalue weighted by Crippen LogP contribution is 2.20. The van der Waals surface area contributed by atoms with Crippen LogP contribution in [0, 0.1) is 0 Å². The highest BCUT2D eigenvalue weighted by atomic mass is 35.5. The topological polar surface area (TPSA) is 78.8 Å². The van der Waals surface area contributed by atoms with Gasteiger partial charge in [0.25, 0.3) is 5.91 Å². The molecule has 0 fully saturated rings. The first-order chi connectivity index (χ1) is 8.65. The molecule has 6 heteroatoms. The van der Waals surface area contributed by atoms with Crippen molar-refractivity contribution in [3.05, 3.63) is 28.8 Å². The number of hydrogen-bond acceptors (Lipinski definition) is 4. The number of aliphatic hydroxyl groups is 1. The van der Waals surface area contributed by atoms with Crippen molar-refractivity contribution in [3.63, 3.8) is 0 Å². The molecule has 1 aromatic carbocycles. The van der Waals surface area contributed by atoms with Gasteiger partial charge in [-0.15, -0.1) is 0 Å². The van der Waals surface area contributed by atoms with Gasteiger partial charge in [-0.05, 0) is 24.6 Å². The minimum absolute atomic E-state index is 0.00386. The van der Waals surface area contributed by atoms with Gasteiger partial charge >= 0.3 is 0 Å². The van der Waals surface area contributed by atoms with E-state index >= 15 is 0 Å². The van der Waals surface area contributed by atoms with Crippen LogP contribution in [0.25, 0.3) is 0 Å². The number of amides is 1. The first-order valence-electron chi connectivity index (χ1n) is 5.60. The molecule has 0 saturated carbocycles. The van der Waals surface area contributed by atoms with E-state index in [0.29, 0.717) is 31.2 Å². The fourth-order valence-corrected chi connectivity index (χ4v) is 1.53. The number of rotatable bonds is 7. The number of carbonyl (C=O) groups is 1. The average Bonchev–Trinajstić information content (AvgIpc) is 2.36. The Bertz CT molecular complexity index is 398. The summed E-state index contributed by atoms with van der Waals surface area (Å²) in [5.41, 5.74) is 0.243. The van der Waals surface area contributed by atoms with Crippen LogP contribution in [0.3, 0.4) is 0 Å². The van der Waals surface area contributed by atoms with E-state index in [4.69, 9.17) is 21.4 Å². The van der Waals surface area contributed by atoms with Crippen LogP contribution in [0.5, 0.6) is 5.75 Å². The Morgan fingerprint density at radius 1 is 1.39 bits per heavy atom. The van der Waals surface area contributed by atoms with Gasteiger partial charge in [0, 0.05) is 13.2 Å². The number of aromatic hydroxyl groups is 1. The number of carbonyl (C=O) groups excluding carboxylic acids is 1. The molecule has 100 valence electrons. The van der Waals surface area contributed by atoms with Gasteiger partial charge < -0.3 is 20.3 Å². The first-order valence-corrected chi connectivity index (χ1v) is 5.98. The molecule has 0 aliphatic carbocycles. The predicted molar refractivity (Wildman–Crippen MR) is 68.0 cm³/mol. The van der Waals surface area contributed by atoms with Gasteiger partial charge in [-0.3, -0.25) is 4.79 Å². The maximum Gasteiger partial charge on any atom is 0.252 e. The lowest BCUT2D eigenvalue weighted by Crippen LogP contribution is -2.25. The molecular formula is C12H16ClNO4. The molecule has 0 aromatic heterocycles. The summed E-state index contributed by atoms with van der Waals surface area (Å²) in [6.45, 7) is 1.20. The number of phenolic OH excluding ortho intramolecular Hbond substituents is 1. The van der Waals surface area contributed by atoms with Gasteiger partial charge in [0.1, 0.15) is 5.75 Å². The summed E-state index contributed by atoms with van der Waals surface area (Å²) >= 11 is 5.85. The van der Waals surface area contributed by atoms with E-state index in [9.17, 15) is 9.90 Å². The molecule has 18 heavy (non-hydrogen) atoms. The van der Waals surface area contributed by atoms with Crippen molar-refractivity contribution in [2.24, 2.45) is 0 Å². The molecular weight excluding hydrogens is 258 g/mol. The Balaban J connectivity index is 2.34. The molecule has 0 spiro atoms. The van der Waals surface area contributed by atoms with Crippen molar-refractivity contribution in [2.45, 2.75) is 6.42 Å². The second-order valence-electron chi connectivity index (χ2n) is 3.61. The monoisotopic (exact) mass is 273 g/mol. The Labute approximate surface area is 110 Å². The SMILES string of the molecule is O=C(NCCCOCCO)c1cc(O)ccc1Cl. The summed E-state index contributed by atoms with van der Waals surface area (Å²) in [5.74, 6) is -0.339. The van der Waals surface area contributed by atoms with Gasteiger partial charge in [0.2, 0.25) is 0 Å². The summed E-state index contributed by atoms with van der Waals surface area (Å²) in [6.07, 6.45) is 0.641. The molecule has 0 aliphatic rings. The predicted octanol–water partition coefficient (Wildman–Crippen LogP) is 1.17. The van der Waals surface area contributed by atoms with E-state index in [1.807, 2.05) is 0 Å². The highest BCUT2D eigenvalue weighted by Gasteiger charge is 2.10. The van der Waals surface area contributed by atoms with E-state index in [1.54, 1.807) is 0 Å². The van der Waals surface area contributed by atoms with Gasteiger partial charge in [0.05, 0.1) is 23.8 Å². The van der Waals surface area contributed by atoms with Crippen molar-refractivity contribution < 1.29 is 19.7 Å². The van der Waals surface area contributed by atoms with Crippen LogP contribution in [-0.4, -0.2) is 42.5 Å². The third-order valence-corrected chi connectivity index (χ3v) is 2.51. The van der Waals surface area contributed by atoms with Crippen LogP contribution in [0.2, 0.25) is 5.02 Å². The number of halogens is 1. The molecule has 0 bridgehead atoms. The maximum atomic E-state index is 11.7. The number of aliphatic hydroxyl groups excluding tert-OH is 1. The summed E-state index contributed by atoms with van der Waals surface area (Å²) in [4.78, 5) is 11.7. The van der Waals surface area contributed by atoms with Gasteiger partial charge in [-0.25, -0.2) is 0 Å². The number of hydrogen-bond donors (Lipinski definition) is 3. The highest BCUT2D eigenvalue weighted by molar-refractivity contribution is 6.33. The maximum absolute atomic E-state index is 11.7. The Morgan fingerprint density at radius 3 is 2.89 bits per heavy atom. The van der Waals surface area contributed by atoms with E-state index in [1.165, 1.54) is 18.2 Å². The van der Waals surface area contributed by atoms with E-state index in [0.717, 1.165) is 0 Å². The van der Waals surface area contributed by atoms with Crippen molar-refractivity contribution in [3.8, 4) is 5.75 Å². The van der Waals surface area contributed by atoms with E-state index in [-0.39, 0.29) is 23.8 Å². The Kier molecular flexibility index (Phi) is 6.49. The minimum atomic E-state index is -0.335. The van der Waals surface area contributed by atoms with Gasteiger partial charge in [-0.2, -0.15) is 0 Å². The average molecular weight is 274 g/mol. The van der Waals surface area contributed by atoms with Crippen molar-refractivity contribution in [2.75, 3.05) is 26.4 Å². The Morgan fingerprint density at radius 2 is 2.17 bits per heavy atom. The lowest BCUT2D eigenvalue weighted by molar-refractivity contribution is 0.0867. The standard InChI is InChI=1S/C12H16ClNO4/c13-11-3-2-9(16)8-10(11)12(17)14-4-1-6-18-7-5-15/h2-3,8,15-16H,1,4-7H2,(H,14,17). The van der Waals surface area contributed by atoms with Crippen molar-refractivity contribution >= 4 is 17.5 Å². The summed E-state index contributed by atoms with van der Waals surface area (Å²) < 4.78 is 5.05. The first kappa shape index (κ1) is 14.8. The van der Waals surface area contributed by atoms with Gasteiger partial charge in [-0.1, -0.05) is 11.6 Å². The molecule has 0 aliphatic heterocycles. The fraction of sp³-hybridized carbons (Fsp3) is 0.417. The van der Waals surface area contributed by atoms with Crippen LogP contribution >= 0.6 is 11.6 Å². The van der Waals surface area contributed by atoms with E-state index < -0.39 is 0 Å². The lowest BCUT2D eigenvalue weighted by Gasteiger charge is -2.07. The zero-order chi connectivity index (χ0) is 13.4. The molecule has 5 nitrogen and oxygen atoms in total. The third kappa shape index (κ3) is 4.91. The van der Waals surface area contributed by atoms with Crippen LogP contribution < -0.4 is 5.32 Å². The van der Waals surface area contributed by atoms with E-state index in [2.05, 4.69) is 5.32 Å². The normalized spacial score (nSPS) is 10.3. The molecule has 0 radical (unpaired) electrons. The molecule has 1 aromatic rings. The Hall–Kier alpha value is -1.30. The smallest absolute Gasteiger partial charge is 0.252 e. The summed E-state index contributed by atoms with van der Waals surface area (Å²) in [5, 5.41) is 20.7. The molecule has 0 atom stereocenters. The largest absolute Gasteiger partial charge is 0.508 e. The molecule has 0 saturated heterocycles. The molecule has 0 unspecified atom stereocenters. The zero-order valence-corrected chi connectivity index (χ0v) is 10.6. The van der Waals surface area contributed by atoms with Crippen molar-refractivity contribution in [1.82, 2.24) is 5.32 Å². The molecule has 3 N–H and O–H groups in total. The van der Waals surface area contributed by atoms with Gasteiger partial charge in [0.15, 0.2) is 0 Å². The van der Waals surface area contributed by atoms with Crippen molar-refractivity contribution in [1.29, 1.82) is 0 Å². The number of phenols is 1. The third-order valence-electron chi connectivity index (χ3n) is 2.18. The second-order valence-corrected chi connectivity index (χ2v) is 4.02. The van der Waals surface area contributed by atoms with Crippen LogP contribution in [-0.2, 0) is 4.74 Å². The molecule has 1 amide bonds. The molecule has 1 rings (SSSR count). The fourth-order valence-electron chi connectivity index (χ4n) is 1.33. The lowest BCUT2D eigenvalue weighted by atomic mass is 10.2. The van der Waals surface area contributed by atoms with Crippen LogP contribution in [0.15, 0.2) is 18.2 Å². The number of nitrogens with one attached hydrogen (secondary N) is 1. The number of ether oxygens (including phenoxy) is 1. The second kappa shape index (κ2) is 7.92. The summed E-state index contributed by atoms with van der Waals surface area (Å²) in [7, 11) is 0. The van der Waals surface area contributed by atoms with Crippen LogP contribution in [0.1, 0.15) is 16.8 Å². The quantitative estimate of drug-likeness (QED) is 0.652. The minimum Gasteiger partial charge on any atom is -0.508 e. The zero-order valence-electron chi connectivity index (χ0n) is 9.86. The molecule has 0 heterocycles. The number of benzene rings is 1. The summed E-state index contributed by atoms with van der Waals surface area (Å²) in [6, 6.07) is 4.21. The van der Waals surface area contributed by atoms with Crippen LogP contribution in [0.4, 0.5) is 0 Å².